The number of nitrogens with one attached hydrogen (secondary N) is 1. The van der Waals surface area contributed by atoms with Gasteiger partial charge in [-0.25, -0.2) is 9.78 Å². The number of benzene rings is 1. The average Bonchev–Trinajstić information content (AvgIpc) is 3.09. The van der Waals surface area contributed by atoms with Gasteiger partial charge in [-0.2, -0.15) is 0 Å². The molecule has 3 heterocycles. The molecule has 8 nitrogen and oxygen atoms in total. The highest BCUT2D eigenvalue weighted by molar-refractivity contribution is 6.15. The summed E-state index contributed by atoms with van der Waals surface area (Å²) < 4.78 is 21.2. The van der Waals surface area contributed by atoms with Gasteiger partial charge >= 0.3 is 6.16 Å². The largest absolute Gasteiger partial charge is 0.515 e. The number of pyridine rings is 1. The van der Waals surface area contributed by atoms with Crippen LogP contribution < -0.4 is 9.64 Å². The number of hydrogen-bond acceptors (Lipinski definition) is 7. The molecule has 0 radical (unpaired) electrons. The van der Waals surface area contributed by atoms with Crippen LogP contribution >= 0.6 is 0 Å². The quantitative estimate of drug-likeness (QED) is 0.675. The maximum absolute atomic E-state index is 11.9. The molecule has 28 heavy (non-hydrogen) atoms. The van der Waals surface area contributed by atoms with Crippen molar-refractivity contribution in [2.75, 3.05) is 44.9 Å². The van der Waals surface area contributed by atoms with Gasteiger partial charge in [0.25, 0.3) is 0 Å². The van der Waals surface area contributed by atoms with Gasteiger partial charge in [0.2, 0.25) is 5.88 Å². The zero-order valence-electron chi connectivity index (χ0n) is 16.0. The van der Waals surface area contributed by atoms with Crippen molar-refractivity contribution in [2.45, 2.75) is 13.5 Å². The van der Waals surface area contributed by atoms with E-state index in [9.17, 15) is 4.79 Å². The van der Waals surface area contributed by atoms with E-state index in [2.05, 4.69) is 20.9 Å². The lowest BCUT2D eigenvalue weighted by Gasteiger charge is -2.29. The van der Waals surface area contributed by atoms with Crippen molar-refractivity contribution < 1.29 is 23.7 Å². The summed E-state index contributed by atoms with van der Waals surface area (Å²) in [5.41, 5.74) is 3.67. The standard InChI is InChI=1S/C20H23N3O5/c1-3-27-20(24)28-19-13(12-25-2)17-15(11-21-19)22-14-5-4-6-16(18(14)17)23-7-9-26-10-8-23/h4-6,11,22H,3,7-10,12H2,1-2H3. The lowest BCUT2D eigenvalue weighted by Crippen LogP contribution is -2.36. The number of H-pyrrole nitrogens is 1. The van der Waals surface area contributed by atoms with Crippen molar-refractivity contribution in [3.63, 3.8) is 0 Å². The van der Waals surface area contributed by atoms with Crippen LogP contribution in [0.4, 0.5) is 10.5 Å². The van der Waals surface area contributed by atoms with Gasteiger partial charge < -0.3 is 28.8 Å². The number of anilines is 1. The van der Waals surface area contributed by atoms with Gasteiger partial charge in [0.05, 0.1) is 43.7 Å². The lowest BCUT2D eigenvalue weighted by atomic mass is 10.1. The molecule has 1 aliphatic rings. The number of aromatic amines is 1. The summed E-state index contributed by atoms with van der Waals surface area (Å²) in [5.74, 6) is 0.200. The number of fused-ring (bicyclic) bond motifs is 3. The third-order valence-electron chi connectivity index (χ3n) is 4.78. The molecule has 1 N–H and O–H groups in total. The number of aromatic nitrogens is 2. The highest BCUT2D eigenvalue weighted by atomic mass is 16.7. The first kappa shape index (κ1) is 18.5. The first-order valence-electron chi connectivity index (χ1n) is 9.31. The molecule has 0 bridgehead atoms. The Bertz CT molecular complexity index is 994. The minimum Gasteiger partial charge on any atom is -0.434 e. The normalized spacial score (nSPS) is 14.6. The van der Waals surface area contributed by atoms with Gasteiger partial charge in [-0.1, -0.05) is 6.07 Å². The maximum atomic E-state index is 11.9. The molecule has 1 aromatic carbocycles. The maximum Gasteiger partial charge on any atom is 0.515 e. The Labute approximate surface area is 162 Å². The van der Waals surface area contributed by atoms with Gasteiger partial charge in [-0.3, -0.25) is 0 Å². The molecule has 8 heteroatoms. The number of rotatable bonds is 5. The molecular formula is C20H23N3O5. The Hall–Kier alpha value is -2.84. The van der Waals surface area contributed by atoms with Crippen molar-refractivity contribution in [2.24, 2.45) is 0 Å². The van der Waals surface area contributed by atoms with Crippen LogP contribution in [0.2, 0.25) is 0 Å². The van der Waals surface area contributed by atoms with Crippen LogP contribution in [0, 0.1) is 0 Å². The summed E-state index contributed by atoms with van der Waals surface area (Å²) in [6.07, 6.45) is 0.895. The minimum atomic E-state index is -0.778. The van der Waals surface area contributed by atoms with E-state index >= 15 is 0 Å². The van der Waals surface area contributed by atoms with Crippen LogP contribution in [0.5, 0.6) is 5.88 Å². The summed E-state index contributed by atoms with van der Waals surface area (Å²) in [4.78, 5) is 21.9. The van der Waals surface area contributed by atoms with E-state index in [1.807, 2.05) is 12.1 Å². The molecule has 1 fully saturated rings. The van der Waals surface area contributed by atoms with E-state index in [4.69, 9.17) is 18.9 Å². The molecular weight excluding hydrogens is 362 g/mol. The number of hydrogen-bond donors (Lipinski definition) is 1. The van der Waals surface area contributed by atoms with Gasteiger partial charge in [0.1, 0.15) is 0 Å². The number of morpholine rings is 1. The Morgan fingerprint density at radius 3 is 2.82 bits per heavy atom. The molecule has 2 aromatic heterocycles. The first-order valence-corrected chi connectivity index (χ1v) is 9.31. The van der Waals surface area contributed by atoms with E-state index in [1.165, 1.54) is 0 Å². The molecule has 0 amide bonds. The van der Waals surface area contributed by atoms with E-state index in [0.717, 1.165) is 40.6 Å². The highest BCUT2D eigenvalue weighted by Crippen LogP contribution is 2.38. The Kier molecular flexibility index (Phi) is 5.31. The molecule has 3 aromatic rings. The first-order chi connectivity index (χ1) is 13.7. The molecule has 0 aliphatic carbocycles. The molecule has 0 atom stereocenters. The van der Waals surface area contributed by atoms with Crippen LogP contribution in [0.3, 0.4) is 0 Å². The highest BCUT2D eigenvalue weighted by Gasteiger charge is 2.22. The van der Waals surface area contributed by atoms with Crippen LogP contribution in [0.1, 0.15) is 12.5 Å². The molecule has 0 unspecified atom stereocenters. The second kappa shape index (κ2) is 8.04. The van der Waals surface area contributed by atoms with Crippen molar-refractivity contribution in [3.05, 3.63) is 30.0 Å². The summed E-state index contributed by atoms with van der Waals surface area (Å²) >= 11 is 0. The smallest absolute Gasteiger partial charge is 0.434 e. The second-order valence-corrected chi connectivity index (χ2v) is 6.47. The molecule has 0 saturated carbocycles. The summed E-state index contributed by atoms with van der Waals surface area (Å²) in [5, 5.41) is 2.00. The van der Waals surface area contributed by atoms with Crippen molar-refractivity contribution >= 4 is 33.6 Å². The summed E-state index contributed by atoms with van der Waals surface area (Å²) in [7, 11) is 1.60. The van der Waals surface area contributed by atoms with Crippen LogP contribution in [0.15, 0.2) is 24.4 Å². The van der Waals surface area contributed by atoms with Gasteiger partial charge in [0.15, 0.2) is 0 Å². The van der Waals surface area contributed by atoms with Crippen LogP contribution in [-0.2, 0) is 20.8 Å². The molecule has 1 aliphatic heterocycles. The van der Waals surface area contributed by atoms with Crippen LogP contribution in [-0.4, -0.2) is 56.1 Å². The predicted octanol–water partition coefficient (Wildman–Crippen LogP) is 3.23. The molecule has 1 saturated heterocycles. The molecule has 4 rings (SSSR count). The Balaban J connectivity index is 1.91. The zero-order chi connectivity index (χ0) is 19.5. The topological polar surface area (TPSA) is 85.9 Å². The Morgan fingerprint density at radius 1 is 1.25 bits per heavy atom. The summed E-state index contributed by atoms with van der Waals surface area (Å²) in [6.45, 7) is 5.25. The monoisotopic (exact) mass is 385 g/mol. The van der Waals surface area contributed by atoms with Crippen LogP contribution in [0.25, 0.3) is 21.8 Å². The number of carbonyl (C=O) groups is 1. The Morgan fingerprint density at radius 2 is 2.07 bits per heavy atom. The second-order valence-electron chi connectivity index (χ2n) is 6.47. The molecule has 148 valence electrons. The fourth-order valence-corrected chi connectivity index (χ4v) is 3.63. The third-order valence-corrected chi connectivity index (χ3v) is 4.78. The van der Waals surface area contributed by atoms with E-state index in [-0.39, 0.29) is 19.1 Å². The van der Waals surface area contributed by atoms with Gasteiger partial charge in [-0.15, -0.1) is 0 Å². The van der Waals surface area contributed by atoms with E-state index < -0.39 is 6.16 Å². The molecule has 0 spiro atoms. The predicted molar refractivity (Wildman–Crippen MR) is 105 cm³/mol. The fraction of sp³-hybridized carbons (Fsp3) is 0.400. The van der Waals surface area contributed by atoms with E-state index in [0.29, 0.717) is 18.8 Å². The number of nitrogens with zero attached hydrogens (tertiary/aromatic N) is 2. The summed E-state index contributed by atoms with van der Waals surface area (Å²) in [6, 6.07) is 6.16. The van der Waals surface area contributed by atoms with Crippen molar-refractivity contribution in [3.8, 4) is 5.88 Å². The lowest BCUT2D eigenvalue weighted by molar-refractivity contribution is 0.101. The average molecular weight is 385 g/mol. The number of carbonyl (C=O) groups excluding carboxylic acids is 1. The van der Waals surface area contributed by atoms with Crippen molar-refractivity contribution in [1.29, 1.82) is 0 Å². The number of ether oxygens (including phenoxy) is 4. The minimum absolute atomic E-state index is 0.200. The van der Waals surface area contributed by atoms with Gasteiger partial charge in [0, 0.05) is 42.2 Å². The van der Waals surface area contributed by atoms with Crippen molar-refractivity contribution in [1.82, 2.24) is 9.97 Å². The SMILES string of the molecule is CCOC(=O)Oc1ncc2[nH]c3cccc(N4CCOCC4)c3c2c1COC. The fourth-order valence-electron chi connectivity index (χ4n) is 3.63. The zero-order valence-corrected chi connectivity index (χ0v) is 16.0. The van der Waals surface area contributed by atoms with E-state index in [1.54, 1.807) is 20.2 Å². The number of methoxy groups -OCH3 is 1. The van der Waals surface area contributed by atoms with Gasteiger partial charge in [-0.05, 0) is 19.1 Å². The third kappa shape index (κ3) is 3.36.